The number of carbonyl (C=O) groups is 1. The fraction of sp³-hybridized carbons (Fsp3) is 0.750. The first kappa shape index (κ1) is 12.6. The van der Waals surface area contributed by atoms with Crippen molar-refractivity contribution in [2.24, 2.45) is 5.92 Å². The topological polar surface area (TPSA) is 63.2 Å². The first-order valence-electron chi connectivity index (χ1n) is 6.07. The van der Waals surface area contributed by atoms with Gasteiger partial charge >= 0.3 is 0 Å². The van der Waals surface area contributed by atoms with Crippen molar-refractivity contribution in [3.05, 3.63) is 12.2 Å². The van der Waals surface area contributed by atoms with Crippen LogP contribution in [0.5, 0.6) is 0 Å². The molecule has 0 radical (unpaired) electrons. The lowest BCUT2D eigenvalue weighted by Gasteiger charge is -2.24. The van der Waals surface area contributed by atoms with Gasteiger partial charge in [0.15, 0.2) is 9.84 Å². The molecule has 1 saturated heterocycles. The molecule has 1 fully saturated rings. The van der Waals surface area contributed by atoms with Crippen LogP contribution < -0.4 is 5.32 Å². The van der Waals surface area contributed by atoms with E-state index >= 15 is 0 Å². The van der Waals surface area contributed by atoms with Gasteiger partial charge in [-0.25, -0.2) is 8.42 Å². The molecule has 2 aliphatic rings. The lowest BCUT2D eigenvalue weighted by atomic mass is 9.99. The monoisotopic (exact) mass is 257 g/mol. The van der Waals surface area contributed by atoms with Crippen molar-refractivity contribution in [2.75, 3.05) is 11.5 Å². The van der Waals surface area contributed by atoms with Gasteiger partial charge in [-0.1, -0.05) is 12.2 Å². The van der Waals surface area contributed by atoms with Crippen LogP contribution >= 0.6 is 0 Å². The minimum absolute atomic E-state index is 0.0267. The van der Waals surface area contributed by atoms with Crippen molar-refractivity contribution < 1.29 is 13.2 Å². The van der Waals surface area contributed by atoms with Gasteiger partial charge in [-0.2, -0.15) is 0 Å². The first-order chi connectivity index (χ1) is 7.89. The Morgan fingerprint density at radius 1 is 1.53 bits per heavy atom. The minimum atomic E-state index is -2.96. The van der Waals surface area contributed by atoms with Crippen LogP contribution in [0, 0.1) is 5.92 Å². The SMILES string of the molecule is CC1(NC(=O)CC2C=CCC2)CCS(=O)(=O)C1. The van der Waals surface area contributed by atoms with E-state index in [1.54, 1.807) is 0 Å². The number of rotatable bonds is 3. The van der Waals surface area contributed by atoms with Crippen LogP contribution in [-0.4, -0.2) is 31.4 Å². The molecule has 0 aromatic heterocycles. The van der Waals surface area contributed by atoms with Crippen LogP contribution in [0.25, 0.3) is 0 Å². The summed E-state index contributed by atoms with van der Waals surface area (Å²) in [5, 5.41) is 2.89. The largest absolute Gasteiger partial charge is 0.350 e. The molecule has 1 heterocycles. The van der Waals surface area contributed by atoms with Gasteiger partial charge in [0.2, 0.25) is 5.91 Å². The Hall–Kier alpha value is -0.840. The molecule has 4 nitrogen and oxygen atoms in total. The molecule has 0 aromatic rings. The van der Waals surface area contributed by atoms with Crippen molar-refractivity contribution in [2.45, 2.75) is 38.1 Å². The number of carbonyl (C=O) groups excluding carboxylic acids is 1. The zero-order valence-corrected chi connectivity index (χ0v) is 10.9. The van der Waals surface area contributed by atoms with Crippen LogP contribution in [0.3, 0.4) is 0 Å². The highest BCUT2D eigenvalue weighted by Crippen LogP contribution is 2.24. The van der Waals surface area contributed by atoms with Gasteiger partial charge in [-0.15, -0.1) is 0 Å². The summed E-state index contributed by atoms with van der Waals surface area (Å²) >= 11 is 0. The third-order valence-corrected chi connectivity index (χ3v) is 5.41. The van der Waals surface area contributed by atoms with E-state index in [-0.39, 0.29) is 17.4 Å². The Bertz CT molecular complexity index is 441. The summed E-state index contributed by atoms with van der Waals surface area (Å²) in [6, 6.07) is 0. The summed E-state index contributed by atoms with van der Waals surface area (Å²) in [6.07, 6.45) is 7.26. The van der Waals surface area contributed by atoms with E-state index in [0.717, 1.165) is 12.8 Å². The predicted molar refractivity (Wildman–Crippen MR) is 66.3 cm³/mol. The number of allylic oxidation sites excluding steroid dienone is 2. The molecule has 17 heavy (non-hydrogen) atoms. The third-order valence-electron chi connectivity index (χ3n) is 3.50. The Labute approximate surface area is 102 Å². The normalized spacial score (nSPS) is 35.0. The van der Waals surface area contributed by atoms with E-state index in [0.29, 0.717) is 18.8 Å². The fourth-order valence-electron chi connectivity index (χ4n) is 2.60. The third kappa shape index (κ3) is 3.31. The van der Waals surface area contributed by atoms with Crippen molar-refractivity contribution in [1.29, 1.82) is 0 Å². The average molecular weight is 257 g/mol. The smallest absolute Gasteiger partial charge is 0.221 e. The number of hydrogen-bond acceptors (Lipinski definition) is 3. The quantitative estimate of drug-likeness (QED) is 0.768. The molecule has 1 aliphatic heterocycles. The van der Waals surface area contributed by atoms with Crippen LogP contribution in [0.15, 0.2) is 12.2 Å². The number of nitrogens with one attached hydrogen (secondary N) is 1. The molecule has 1 N–H and O–H groups in total. The molecular formula is C12H19NO3S. The predicted octanol–water partition coefficient (Wildman–Crippen LogP) is 1.04. The average Bonchev–Trinajstić information content (AvgIpc) is 2.74. The molecular weight excluding hydrogens is 238 g/mol. The fourth-order valence-corrected chi connectivity index (χ4v) is 4.69. The molecule has 5 heteroatoms. The molecule has 2 rings (SSSR count). The summed E-state index contributed by atoms with van der Waals surface area (Å²) in [4.78, 5) is 11.8. The first-order valence-corrected chi connectivity index (χ1v) is 7.89. The summed E-state index contributed by atoms with van der Waals surface area (Å²) in [6.45, 7) is 1.82. The molecule has 2 atom stereocenters. The second kappa shape index (κ2) is 4.44. The Morgan fingerprint density at radius 2 is 2.29 bits per heavy atom. The molecule has 0 saturated carbocycles. The van der Waals surface area contributed by atoms with E-state index in [1.807, 2.05) is 6.92 Å². The lowest BCUT2D eigenvalue weighted by molar-refractivity contribution is -0.123. The Morgan fingerprint density at radius 3 is 2.82 bits per heavy atom. The zero-order chi connectivity index (χ0) is 12.5. The van der Waals surface area contributed by atoms with Crippen molar-refractivity contribution in [3.63, 3.8) is 0 Å². The highest BCUT2D eigenvalue weighted by Gasteiger charge is 2.39. The van der Waals surface area contributed by atoms with Gasteiger partial charge in [0.25, 0.3) is 0 Å². The van der Waals surface area contributed by atoms with Gasteiger partial charge in [0, 0.05) is 6.42 Å². The van der Waals surface area contributed by atoms with Crippen molar-refractivity contribution in [3.8, 4) is 0 Å². The summed E-state index contributed by atoms with van der Waals surface area (Å²) in [5.74, 6) is 0.567. The van der Waals surface area contributed by atoms with Gasteiger partial charge < -0.3 is 5.32 Å². The second-order valence-corrected chi connectivity index (χ2v) is 7.60. The molecule has 96 valence electrons. The van der Waals surface area contributed by atoms with Crippen LogP contribution in [0.2, 0.25) is 0 Å². The maximum absolute atomic E-state index is 11.8. The van der Waals surface area contributed by atoms with Crippen LogP contribution in [0.1, 0.15) is 32.6 Å². The maximum atomic E-state index is 11.8. The van der Waals surface area contributed by atoms with Gasteiger partial charge in [0.1, 0.15) is 0 Å². The van der Waals surface area contributed by atoms with Crippen molar-refractivity contribution >= 4 is 15.7 Å². The molecule has 1 amide bonds. The van der Waals surface area contributed by atoms with Crippen LogP contribution in [0.4, 0.5) is 0 Å². The maximum Gasteiger partial charge on any atom is 0.221 e. The number of hydrogen-bond donors (Lipinski definition) is 1. The summed E-state index contributed by atoms with van der Waals surface area (Å²) in [7, 11) is -2.96. The molecule has 1 aliphatic carbocycles. The second-order valence-electron chi connectivity index (χ2n) is 5.42. The highest BCUT2D eigenvalue weighted by atomic mass is 32.2. The standard InChI is InChI=1S/C12H19NO3S/c1-12(6-7-17(15,16)9-12)13-11(14)8-10-4-2-3-5-10/h2,4,10H,3,5-9H2,1H3,(H,13,14). The zero-order valence-electron chi connectivity index (χ0n) is 10.1. The molecule has 0 spiro atoms. The van der Waals surface area contributed by atoms with Gasteiger partial charge in [-0.05, 0) is 32.1 Å². The van der Waals surface area contributed by atoms with Gasteiger partial charge in [-0.3, -0.25) is 4.79 Å². The number of sulfone groups is 1. The van der Waals surface area contributed by atoms with Crippen molar-refractivity contribution in [1.82, 2.24) is 5.32 Å². The Balaban J connectivity index is 1.88. The van der Waals surface area contributed by atoms with Gasteiger partial charge in [0.05, 0.1) is 17.0 Å². The van der Waals surface area contributed by atoms with E-state index in [1.165, 1.54) is 0 Å². The molecule has 2 unspecified atom stereocenters. The molecule has 0 bridgehead atoms. The van der Waals surface area contributed by atoms with E-state index in [9.17, 15) is 13.2 Å². The lowest BCUT2D eigenvalue weighted by Crippen LogP contribution is -2.47. The summed E-state index contributed by atoms with van der Waals surface area (Å²) < 4.78 is 22.8. The highest BCUT2D eigenvalue weighted by molar-refractivity contribution is 7.91. The number of amides is 1. The van der Waals surface area contributed by atoms with Crippen LogP contribution in [-0.2, 0) is 14.6 Å². The Kier molecular flexibility index (Phi) is 3.30. The minimum Gasteiger partial charge on any atom is -0.350 e. The van der Waals surface area contributed by atoms with E-state index in [2.05, 4.69) is 17.5 Å². The van der Waals surface area contributed by atoms with E-state index < -0.39 is 15.4 Å². The molecule has 0 aromatic carbocycles. The van der Waals surface area contributed by atoms with E-state index in [4.69, 9.17) is 0 Å². The summed E-state index contributed by atoms with van der Waals surface area (Å²) in [5.41, 5.74) is -0.557.